The highest BCUT2D eigenvalue weighted by Gasteiger charge is 2.32. The molecule has 0 radical (unpaired) electrons. The number of aromatic carboxylic acids is 1. The molecule has 0 atom stereocenters. The van der Waals surface area contributed by atoms with Crippen LogP contribution in [-0.2, 0) is 6.54 Å². The first-order chi connectivity index (χ1) is 17.1. The summed E-state index contributed by atoms with van der Waals surface area (Å²) in [6, 6.07) is 18.1. The zero-order valence-corrected chi connectivity index (χ0v) is 20.1. The smallest absolute Gasteiger partial charge is 0.497 e. The van der Waals surface area contributed by atoms with E-state index < -0.39 is 18.1 Å². The normalized spacial score (nSPS) is 11.4. The van der Waals surface area contributed by atoms with Crippen LogP contribution in [0.25, 0.3) is 11.1 Å². The minimum Gasteiger partial charge on any atom is -0.497 e. The summed E-state index contributed by atoms with van der Waals surface area (Å²) >= 11 is 7.30. The van der Waals surface area contributed by atoms with Crippen LogP contribution in [0.15, 0.2) is 76.7 Å². The van der Waals surface area contributed by atoms with Crippen LogP contribution in [0.4, 0.5) is 13.2 Å². The fraction of sp³-hybridized carbons (Fsp3) is 0.125. The molecule has 4 rings (SSSR count). The topological polar surface area (TPSA) is 86.5 Å². The molecule has 0 saturated carbocycles. The van der Waals surface area contributed by atoms with Crippen molar-refractivity contribution in [2.75, 3.05) is 7.11 Å². The molecule has 0 amide bonds. The monoisotopic (exact) mass is 535 g/mol. The maximum absolute atomic E-state index is 12.6. The number of ether oxygens (including phenoxy) is 2. The van der Waals surface area contributed by atoms with Gasteiger partial charge in [0.05, 0.1) is 18.7 Å². The van der Waals surface area contributed by atoms with Gasteiger partial charge in [0, 0.05) is 10.5 Å². The van der Waals surface area contributed by atoms with Gasteiger partial charge in [0.25, 0.3) is 0 Å². The quantitative estimate of drug-likeness (QED) is 0.279. The SMILES string of the molecule is COc1ccc(Cn2nnc(C(=O)O)c2Sc2ccc(-c3cccc(OC(F)(F)F)c3Cl)cc2)cc1. The molecule has 7 nitrogen and oxygen atoms in total. The second kappa shape index (κ2) is 10.5. The zero-order chi connectivity index (χ0) is 25.9. The molecule has 0 spiro atoms. The van der Waals surface area contributed by atoms with Crippen LogP contribution in [0, 0.1) is 0 Å². The summed E-state index contributed by atoms with van der Waals surface area (Å²) in [4.78, 5) is 12.4. The summed E-state index contributed by atoms with van der Waals surface area (Å²) in [6.07, 6.45) is -4.87. The van der Waals surface area contributed by atoms with Crippen molar-refractivity contribution in [1.29, 1.82) is 0 Å². The molecule has 186 valence electrons. The lowest BCUT2D eigenvalue weighted by Gasteiger charge is -2.13. The van der Waals surface area contributed by atoms with E-state index in [0.717, 1.165) is 23.4 Å². The first kappa shape index (κ1) is 25.4. The van der Waals surface area contributed by atoms with Gasteiger partial charge in [0.1, 0.15) is 16.5 Å². The second-order valence-electron chi connectivity index (χ2n) is 7.35. The van der Waals surface area contributed by atoms with Crippen molar-refractivity contribution in [3.63, 3.8) is 0 Å². The highest BCUT2D eigenvalue weighted by molar-refractivity contribution is 7.99. The van der Waals surface area contributed by atoms with Gasteiger partial charge >= 0.3 is 12.3 Å². The number of benzene rings is 3. The molecule has 1 N–H and O–H groups in total. The number of nitrogens with zero attached hydrogens (tertiary/aromatic N) is 3. The maximum atomic E-state index is 12.6. The number of carbonyl (C=O) groups is 1. The van der Waals surface area contributed by atoms with Crippen LogP contribution in [0.5, 0.6) is 11.5 Å². The third-order valence-electron chi connectivity index (χ3n) is 4.95. The van der Waals surface area contributed by atoms with Gasteiger partial charge in [-0.3, -0.25) is 0 Å². The summed E-state index contributed by atoms with van der Waals surface area (Å²) in [5.41, 5.74) is 1.58. The molecule has 0 aliphatic heterocycles. The van der Waals surface area contributed by atoms with E-state index in [1.54, 1.807) is 49.6 Å². The molecule has 0 aliphatic carbocycles. The summed E-state index contributed by atoms with van der Waals surface area (Å²) in [7, 11) is 1.56. The number of hydrogen-bond donors (Lipinski definition) is 1. The maximum Gasteiger partial charge on any atom is 0.573 e. The predicted molar refractivity (Wildman–Crippen MR) is 127 cm³/mol. The Balaban J connectivity index is 1.59. The molecule has 0 fully saturated rings. The number of alkyl halides is 3. The molecule has 0 unspecified atom stereocenters. The summed E-state index contributed by atoms with van der Waals surface area (Å²) in [6.45, 7) is 0.284. The Kier molecular flexibility index (Phi) is 7.41. The number of halogens is 4. The zero-order valence-electron chi connectivity index (χ0n) is 18.5. The Morgan fingerprint density at radius 2 is 1.78 bits per heavy atom. The van der Waals surface area contributed by atoms with Gasteiger partial charge in [0.15, 0.2) is 0 Å². The van der Waals surface area contributed by atoms with Gasteiger partial charge in [-0.15, -0.1) is 18.3 Å². The Morgan fingerprint density at radius 1 is 1.08 bits per heavy atom. The summed E-state index contributed by atoms with van der Waals surface area (Å²) in [5, 5.41) is 17.5. The minimum atomic E-state index is -4.87. The molecule has 0 bridgehead atoms. The lowest BCUT2D eigenvalue weighted by atomic mass is 10.1. The molecule has 4 aromatic rings. The highest BCUT2D eigenvalue weighted by atomic mass is 35.5. The summed E-state index contributed by atoms with van der Waals surface area (Å²) < 4.78 is 48.5. The van der Waals surface area contributed by atoms with Crippen molar-refractivity contribution in [3.8, 4) is 22.6 Å². The van der Waals surface area contributed by atoms with Gasteiger partial charge in [0.2, 0.25) is 5.69 Å². The minimum absolute atomic E-state index is 0.176. The van der Waals surface area contributed by atoms with Crippen molar-refractivity contribution in [3.05, 3.63) is 83.0 Å². The summed E-state index contributed by atoms with van der Waals surface area (Å²) in [5.74, 6) is -1.03. The first-order valence-electron chi connectivity index (χ1n) is 10.3. The molecular weight excluding hydrogens is 519 g/mol. The fourth-order valence-electron chi connectivity index (χ4n) is 3.30. The Morgan fingerprint density at radius 3 is 2.39 bits per heavy atom. The average Bonchev–Trinajstić information content (AvgIpc) is 3.23. The number of carboxylic acids is 1. The van der Waals surface area contributed by atoms with E-state index in [9.17, 15) is 23.1 Å². The Labute approximate surface area is 212 Å². The van der Waals surface area contributed by atoms with Gasteiger partial charge < -0.3 is 14.6 Å². The predicted octanol–water partition coefficient (Wildman–Crippen LogP) is 6.40. The fourth-order valence-corrected chi connectivity index (χ4v) is 4.50. The van der Waals surface area contributed by atoms with E-state index in [2.05, 4.69) is 15.0 Å². The van der Waals surface area contributed by atoms with Crippen LogP contribution in [0.3, 0.4) is 0 Å². The van der Waals surface area contributed by atoms with E-state index in [4.69, 9.17) is 16.3 Å². The molecular formula is C24H17ClF3N3O4S. The van der Waals surface area contributed by atoms with Gasteiger partial charge in [-0.25, -0.2) is 9.48 Å². The molecule has 1 heterocycles. The van der Waals surface area contributed by atoms with E-state index in [1.165, 1.54) is 10.7 Å². The standard InChI is InChI=1S/C24H17ClF3N3O4S/c1-34-16-9-5-14(6-10-16)13-31-22(21(23(32)33)29-30-31)36-17-11-7-15(8-12-17)18-3-2-4-19(20(18)25)35-24(26,27)28/h2-12H,13H2,1H3,(H,32,33). The molecule has 12 heteroatoms. The lowest BCUT2D eigenvalue weighted by molar-refractivity contribution is -0.274. The van der Waals surface area contributed by atoms with E-state index >= 15 is 0 Å². The molecule has 36 heavy (non-hydrogen) atoms. The number of rotatable bonds is 8. The molecule has 3 aromatic carbocycles. The van der Waals surface area contributed by atoms with Crippen molar-refractivity contribution < 1.29 is 32.5 Å². The van der Waals surface area contributed by atoms with Crippen LogP contribution < -0.4 is 9.47 Å². The van der Waals surface area contributed by atoms with Crippen LogP contribution in [0.1, 0.15) is 16.1 Å². The van der Waals surface area contributed by atoms with Crippen molar-refractivity contribution in [2.24, 2.45) is 0 Å². The van der Waals surface area contributed by atoms with Crippen molar-refractivity contribution >= 4 is 29.3 Å². The third kappa shape index (κ3) is 5.92. The molecule has 0 saturated heterocycles. The Hall–Kier alpha value is -3.70. The molecule has 0 aliphatic rings. The second-order valence-corrected chi connectivity index (χ2v) is 8.79. The van der Waals surface area contributed by atoms with Crippen LogP contribution in [0.2, 0.25) is 5.02 Å². The van der Waals surface area contributed by atoms with Crippen LogP contribution in [-0.4, -0.2) is 39.5 Å². The number of methoxy groups -OCH3 is 1. The van der Waals surface area contributed by atoms with Gasteiger partial charge in [-0.1, -0.05) is 65.0 Å². The number of carboxylic acid groups (broad SMARTS) is 1. The van der Waals surface area contributed by atoms with Gasteiger partial charge in [-0.05, 0) is 41.5 Å². The Bertz CT molecular complexity index is 1380. The van der Waals surface area contributed by atoms with Crippen LogP contribution >= 0.6 is 23.4 Å². The number of hydrogen-bond acceptors (Lipinski definition) is 6. The van der Waals surface area contributed by atoms with E-state index in [0.29, 0.717) is 26.8 Å². The third-order valence-corrected chi connectivity index (χ3v) is 6.45. The van der Waals surface area contributed by atoms with E-state index in [-0.39, 0.29) is 17.3 Å². The average molecular weight is 536 g/mol. The lowest BCUT2D eigenvalue weighted by Crippen LogP contribution is -2.17. The molecule has 1 aromatic heterocycles. The van der Waals surface area contributed by atoms with Crippen molar-refractivity contribution in [2.45, 2.75) is 22.8 Å². The largest absolute Gasteiger partial charge is 0.573 e. The first-order valence-corrected chi connectivity index (χ1v) is 11.5. The van der Waals surface area contributed by atoms with Crippen molar-refractivity contribution in [1.82, 2.24) is 15.0 Å². The van der Waals surface area contributed by atoms with E-state index in [1.807, 2.05) is 12.1 Å². The highest BCUT2D eigenvalue weighted by Crippen LogP contribution is 2.39. The number of aromatic nitrogens is 3. The van der Waals surface area contributed by atoms with Gasteiger partial charge in [-0.2, -0.15) is 0 Å².